The number of methoxy groups -OCH3 is 1. The molecule has 0 fully saturated rings. The predicted octanol–water partition coefficient (Wildman–Crippen LogP) is 0.564. The number of nitrogens with two attached hydrogens (primary N) is 2. The van der Waals surface area contributed by atoms with Crippen LogP contribution in [0.3, 0.4) is 0 Å². The van der Waals surface area contributed by atoms with Gasteiger partial charge < -0.3 is 26.4 Å². The van der Waals surface area contributed by atoms with Crippen LogP contribution in [-0.2, 0) is 4.79 Å². The number of hydrogen-bond donors (Lipinski definition) is 5. The number of carboxylic acid groups (broad SMARTS) is 1. The molecule has 1 rings (SSSR count). The van der Waals surface area contributed by atoms with E-state index in [0.717, 1.165) is 6.34 Å². The Balaban J connectivity index is 0.00000135. The number of carboxylic acids is 1. The van der Waals surface area contributed by atoms with Crippen molar-refractivity contribution in [2.24, 2.45) is 16.5 Å². The lowest BCUT2D eigenvalue weighted by atomic mass is 10.1. The molecule has 0 aromatic heterocycles. The van der Waals surface area contributed by atoms with Gasteiger partial charge in [-0.05, 0) is 31.5 Å². The Kier molecular flexibility index (Phi) is 9.78. The second kappa shape index (κ2) is 11.1. The zero-order chi connectivity index (χ0) is 17.0. The molecule has 0 bridgehead atoms. The highest BCUT2D eigenvalue weighted by Crippen LogP contribution is 2.28. The van der Waals surface area contributed by atoms with Gasteiger partial charge in [0.25, 0.3) is 0 Å². The predicted molar refractivity (Wildman–Crippen MR) is 84.9 cm³/mol. The van der Waals surface area contributed by atoms with Gasteiger partial charge in [0.05, 0.1) is 13.4 Å². The van der Waals surface area contributed by atoms with Gasteiger partial charge in [-0.2, -0.15) is 0 Å². The fraction of sp³-hybridized carbons (Fsp3) is 0.357. The first-order valence-electron chi connectivity index (χ1n) is 6.54. The van der Waals surface area contributed by atoms with Gasteiger partial charge in [0, 0.05) is 11.8 Å². The maximum absolute atomic E-state index is 11.0. The first-order valence-corrected chi connectivity index (χ1v) is 6.54. The molecular formula is C14H22N4O4. The van der Waals surface area contributed by atoms with Crippen molar-refractivity contribution in [1.29, 1.82) is 5.41 Å². The molecule has 0 radical (unpaired) electrons. The third-order valence-electron chi connectivity index (χ3n) is 2.61. The van der Waals surface area contributed by atoms with Gasteiger partial charge in [0.15, 0.2) is 11.5 Å². The molecule has 122 valence electrons. The number of phenolic OH excluding ortho intramolecular Hbond substituents is 1. The minimum absolute atomic E-state index is 0.0586. The van der Waals surface area contributed by atoms with Gasteiger partial charge in [-0.1, -0.05) is 6.07 Å². The van der Waals surface area contributed by atoms with Crippen molar-refractivity contribution in [1.82, 2.24) is 0 Å². The van der Waals surface area contributed by atoms with Crippen LogP contribution in [0.2, 0.25) is 0 Å². The number of nitrogens with zero attached hydrogens (tertiary/aromatic N) is 1. The molecule has 0 heterocycles. The van der Waals surface area contributed by atoms with Gasteiger partial charge >= 0.3 is 5.97 Å². The molecule has 1 aromatic carbocycles. The van der Waals surface area contributed by atoms with Gasteiger partial charge in [0.2, 0.25) is 0 Å². The maximum atomic E-state index is 11.0. The number of carbonyl (C=O) groups is 1. The number of phenols is 1. The van der Waals surface area contributed by atoms with E-state index in [9.17, 15) is 9.90 Å². The first kappa shape index (κ1) is 19.4. The zero-order valence-electron chi connectivity index (χ0n) is 12.4. The molecule has 7 N–H and O–H groups in total. The Morgan fingerprint density at radius 1 is 1.55 bits per heavy atom. The van der Waals surface area contributed by atoms with Crippen LogP contribution >= 0.6 is 0 Å². The molecule has 0 saturated heterocycles. The summed E-state index contributed by atoms with van der Waals surface area (Å²) < 4.78 is 4.96. The Labute approximate surface area is 128 Å². The highest BCUT2D eigenvalue weighted by Gasteiger charge is 2.14. The van der Waals surface area contributed by atoms with E-state index in [1.807, 2.05) is 0 Å². The fourth-order valence-corrected chi connectivity index (χ4v) is 1.55. The molecule has 0 aliphatic rings. The second-order valence-corrected chi connectivity index (χ2v) is 4.13. The third-order valence-corrected chi connectivity index (χ3v) is 2.61. The lowest BCUT2D eigenvalue weighted by Gasteiger charge is -2.07. The summed E-state index contributed by atoms with van der Waals surface area (Å²) in [5, 5.41) is 24.7. The van der Waals surface area contributed by atoms with E-state index < -0.39 is 12.0 Å². The van der Waals surface area contributed by atoms with Crippen molar-refractivity contribution in [2.45, 2.75) is 18.9 Å². The van der Waals surface area contributed by atoms with E-state index in [1.165, 1.54) is 13.3 Å². The van der Waals surface area contributed by atoms with Crippen molar-refractivity contribution >= 4 is 18.5 Å². The Hall–Kier alpha value is -2.61. The average molecular weight is 310 g/mol. The van der Waals surface area contributed by atoms with Crippen LogP contribution in [0, 0.1) is 5.41 Å². The van der Waals surface area contributed by atoms with E-state index in [2.05, 4.69) is 10.7 Å². The van der Waals surface area contributed by atoms with E-state index in [0.29, 0.717) is 30.7 Å². The van der Waals surface area contributed by atoms with Crippen molar-refractivity contribution < 1.29 is 19.7 Å². The summed E-state index contributed by atoms with van der Waals surface area (Å²) in [6.07, 6.45) is 3.04. The normalized spacial score (nSPS) is 11.4. The standard InChI is InChI=1S/C13H18N2O4.CH4N2/c1-19-11-6-2-4-9(12(11)16)8-15-10(13(17)18)5-3-7-14;2-1-3/h2,4,6,8,10,16H,3,5,7,14H2,1H3,(H,17,18);1H,(H3,2,3). The van der Waals surface area contributed by atoms with Crippen LogP contribution in [0.1, 0.15) is 18.4 Å². The van der Waals surface area contributed by atoms with E-state index >= 15 is 0 Å². The van der Waals surface area contributed by atoms with Crippen LogP contribution in [-0.4, -0.2) is 48.4 Å². The molecule has 0 aliphatic carbocycles. The number of aliphatic imine (C=N–C) groups is 1. The highest BCUT2D eigenvalue weighted by molar-refractivity contribution is 5.87. The number of benzene rings is 1. The van der Waals surface area contributed by atoms with Crippen molar-refractivity contribution in [3.63, 3.8) is 0 Å². The van der Waals surface area contributed by atoms with Crippen LogP contribution in [0.5, 0.6) is 11.5 Å². The molecular weight excluding hydrogens is 288 g/mol. The van der Waals surface area contributed by atoms with Crippen LogP contribution in [0.4, 0.5) is 0 Å². The molecule has 0 spiro atoms. The topological polar surface area (TPSA) is 155 Å². The number of para-hydroxylation sites is 1. The summed E-state index contributed by atoms with van der Waals surface area (Å²) in [6, 6.07) is 4.07. The summed E-state index contributed by atoms with van der Waals surface area (Å²) in [7, 11) is 1.44. The zero-order valence-corrected chi connectivity index (χ0v) is 12.4. The monoisotopic (exact) mass is 310 g/mol. The lowest BCUT2D eigenvalue weighted by molar-refractivity contribution is -0.138. The molecule has 1 atom stereocenters. The van der Waals surface area contributed by atoms with Crippen molar-refractivity contribution in [3.8, 4) is 11.5 Å². The summed E-state index contributed by atoms with van der Waals surface area (Å²) in [6.45, 7) is 0.420. The Morgan fingerprint density at radius 2 is 2.18 bits per heavy atom. The Morgan fingerprint density at radius 3 is 2.68 bits per heavy atom. The molecule has 8 heteroatoms. The van der Waals surface area contributed by atoms with Gasteiger partial charge in [-0.3, -0.25) is 10.4 Å². The van der Waals surface area contributed by atoms with Crippen LogP contribution < -0.4 is 16.2 Å². The molecule has 0 aliphatic heterocycles. The largest absolute Gasteiger partial charge is 0.504 e. The van der Waals surface area contributed by atoms with Crippen molar-refractivity contribution in [3.05, 3.63) is 23.8 Å². The highest BCUT2D eigenvalue weighted by atomic mass is 16.5. The molecule has 0 saturated carbocycles. The number of nitrogens with one attached hydrogen (secondary N) is 1. The summed E-state index contributed by atoms with van der Waals surface area (Å²) in [5.41, 5.74) is 10.1. The molecule has 8 nitrogen and oxygen atoms in total. The summed E-state index contributed by atoms with van der Waals surface area (Å²) in [4.78, 5) is 15.0. The third kappa shape index (κ3) is 6.71. The molecule has 1 aromatic rings. The van der Waals surface area contributed by atoms with Crippen LogP contribution in [0.25, 0.3) is 0 Å². The fourth-order valence-electron chi connectivity index (χ4n) is 1.55. The number of rotatable bonds is 7. The summed E-state index contributed by atoms with van der Waals surface area (Å²) in [5.74, 6) is -0.749. The van der Waals surface area contributed by atoms with Gasteiger partial charge in [0.1, 0.15) is 6.04 Å². The number of hydrogen-bond acceptors (Lipinski definition) is 6. The number of ether oxygens (including phenoxy) is 1. The minimum Gasteiger partial charge on any atom is -0.504 e. The Bertz CT molecular complexity index is 506. The SMILES string of the molecule is COc1cccc(C=NC(CCCN)C(=O)O)c1O.N=CN. The van der Waals surface area contributed by atoms with E-state index in [-0.39, 0.29) is 5.75 Å². The number of aliphatic carboxylic acids is 1. The summed E-state index contributed by atoms with van der Waals surface area (Å²) >= 11 is 0. The van der Waals surface area contributed by atoms with Gasteiger partial charge in [-0.15, -0.1) is 0 Å². The maximum Gasteiger partial charge on any atom is 0.328 e. The minimum atomic E-state index is -1.01. The molecule has 1 unspecified atom stereocenters. The number of aromatic hydroxyl groups is 1. The molecule has 0 amide bonds. The van der Waals surface area contributed by atoms with E-state index in [1.54, 1.807) is 18.2 Å². The quantitative estimate of drug-likeness (QED) is 0.366. The van der Waals surface area contributed by atoms with E-state index in [4.69, 9.17) is 21.0 Å². The molecule has 22 heavy (non-hydrogen) atoms. The van der Waals surface area contributed by atoms with Crippen molar-refractivity contribution in [2.75, 3.05) is 13.7 Å². The van der Waals surface area contributed by atoms with Gasteiger partial charge in [-0.25, -0.2) is 4.79 Å². The lowest BCUT2D eigenvalue weighted by Crippen LogP contribution is -2.19. The second-order valence-electron chi connectivity index (χ2n) is 4.13. The average Bonchev–Trinajstić information content (AvgIpc) is 2.49. The first-order chi connectivity index (χ1) is 10.5. The smallest absolute Gasteiger partial charge is 0.328 e. The van der Waals surface area contributed by atoms with Crippen LogP contribution in [0.15, 0.2) is 23.2 Å².